The average Bonchev–Trinajstić information content (AvgIpc) is 2.72. The second-order valence-electron chi connectivity index (χ2n) is 6.77. The summed E-state index contributed by atoms with van der Waals surface area (Å²) in [7, 11) is -3.27. The predicted molar refractivity (Wildman–Crippen MR) is 112 cm³/mol. The Kier molecular flexibility index (Phi) is 5.03. The molecule has 12 heteroatoms. The topological polar surface area (TPSA) is 165 Å². The van der Waals surface area contributed by atoms with Crippen molar-refractivity contribution < 1.29 is 22.6 Å². The largest absolute Gasteiger partial charge is 0.431 e. The summed E-state index contributed by atoms with van der Waals surface area (Å²) < 4.78 is 33.4. The number of fused-ring (bicyclic) bond motifs is 2. The van der Waals surface area contributed by atoms with Crippen LogP contribution in [-0.4, -0.2) is 46.9 Å². The third-order valence-electron chi connectivity index (χ3n) is 4.76. The lowest BCUT2D eigenvalue weighted by Gasteiger charge is -2.23. The van der Waals surface area contributed by atoms with Gasteiger partial charge in [-0.2, -0.15) is 8.42 Å². The number of rotatable bonds is 5. The van der Waals surface area contributed by atoms with E-state index in [1.165, 1.54) is 25.9 Å². The maximum Gasteiger partial charge on any atom is 0.296 e. The third-order valence-corrected chi connectivity index (χ3v) is 5.66. The van der Waals surface area contributed by atoms with E-state index in [0.29, 0.717) is 11.6 Å². The summed E-state index contributed by atoms with van der Waals surface area (Å²) in [5, 5.41) is 2.83. The highest BCUT2D eigenvalue weighted by Crippen LogP contribution is 2.38. The Morgan fingerprint density at radius 3 is 2.35 bits per heavy atom. The number of anilines is 2. The Hall–Kier alpha value is -3.64. The summed E-state index contributed by atoms with van der Waals surface area (Å²) in [6.07, 6.45) is 1.56. The van der Waals surface area contributed by atoms with E-state index in [9.17, 15) is 22.6 Å². The van der Waals surface area contributed by atoms with Crippen molar-refractivity contribution in [2.45, 2.75) is 18.1 Å². The highest BCUT2D eigenvalue weighted by atomic mass is 32.2. The number of hydrogen-bond acceptors (Lipinski definition) is 9. The molecule has 0 aliphatic heterocycles. The number of aryl methyl sites for hydroxylation is 1. The fraction of sp³-hybridized carbons (Fsp3) is 0.105. The van der Waals surface area contributed by atoms with Gasteiger partial charge >= 0.3 is 0 Å². The van der Waals surface area contributed by atoms with Crippen LogP contribution in [0.1, 0.15) is 43.5 Å². The predicted octanol–water partition coefficient (Wildman–Crippen LogP) is 1.02. The Balaban J connectivity index is 1.81. The standard InChI is InChI=1S/C19H15BN5O5S/c1-9-22-8-23-14(24-9)7-20-25-12-6-13(31(28,29)30)17(21)16-15(12)18(26)10-4-2-3-5-11(10)19(16)27/h2-6,8,25H,7,21H2,1H3,(H,28,29,30). The van der Waals surface area contributed by atoms with E-state index in [1.54, 1.807) is 19.1 Å². The number of nitrogens with zero attached hydrogens (tertiary/aromatic N) is 3. The maximum atomic E-state index is 13.2. The molecule has 2 aromatic carbocycles. The van der Waals surface area contributed by atoms with Gasteiger partial charge in [-0.3, -0.25) is 14.1 Å². The van der Waals surface area contributed by atoms with Gasteiger partial charge in [0.15, 0.2) is 11.6 Å². The highest BCUT2D eigenvalue weighted by Gasteiger charge is 2.36. The molecule has 10 nitrogen and oxygen atoms in total. The van der Waals surface area contributed by atoms with Crippen LogP contribution in [0.15, 0.2) is 41.6 Å². The summed E-state index contributed by atoms with van der Waals surface area (Å²) in [4.78, 5) is 37.6. The number of ketones is 2. The number of carbonyl (C=O) groups excluding carboxylic acids is 2. The molecule has 3 aromatic rings. The van der Waals surface area contributed by atoms with Crippen LogP contribution in [0.3, 0.4) is 0 Å². The van der Waals surface area contributed by atoms with Crippen LogP contribution in [0.4, 0.5) is 11.4 Å². The Labute approximate surface area is 178 Å². The second kappa shape index (κ2) is 7.56. The minimum atomic E-state index is -4.77. The number of hydrogen-bond donors (Lipinski definition) is 3. The van der Waals surface area contributed by atoms with Gasteiger partial charge in [0.05, 0.1) is 16.8 Å². The van der Waals surface area contributed by atoms with Crippen LogP contribution >= 0.6 is 0 Å². The Morgan fingerprint density at radius 2 is 1.74 bits per heavy atom. The van der Waals surface area contributed by atoms with Crippen molar-refractivity contribution in [1.82, 2.24) is 15.0 Å². The van der Waals surface area contributed by atoms with Crippen molar-refractivity contribution in [2.75, 3.05) is 11.0 Å². The maximum absolute atomic E-state index is 13.2. The summed E-state index contributed by atoms with van der Waals surface area (Å²) in [6, 6.07) is 7.19. The van der Waals surface area contributed by atoms with E-state index in [0.717, 1.165) is 6.07 Å². The molecule has 0 atom stereocenters. The lowest BCUT2D eigenvalue weighted by atomic mass is 9.80. The Morgan fingerprint density at radius 1 is 1.10 bits per heavy atom. The normalized spacial score (nSPS) is 12.8. The van der Waals surface area contributed by atoms with E-state index >= 15 is 0 Å². The van der Waals surface area contributed by atoms with Crippen molar-refractivity contribution in [3.8, 4) is 0 Å². The van der Waals surface area contributed by atoms with Gasteiger partial charge in [-0.05, 0) is 13.0 Å². The zero-order valence-electron chi connectivity index (χ0n) is 16.2. The van der Waals surface area contributed by atoms with Gasteiger partial charge in [0.1, 0.15) is 22.9 Å². The summed E-state index contributed by atoms with van der Waals surface area (Å²) in [6.45, 7) is 1.70. The van der Waals surface area contributed by atoms with Crippen molar-refractivity contribution in [1.29, 1.82) is 0 Å². The molecule has 0 fully saturated rings. The SMILES string of the molecule is Cc1ncnc(C[B]Nc2cc(S(=O)(=O)O)c(N)c3c2C(=O)c2ccccc2C3=O)n1. The van der Waals surface area contributed by atoms with E-state index in [4.69, 9.17) is 5.73 Å². The number of carbonyl (C=O) groups is 2. The fourth-order valence-electron chi connectivity index (χ4n) is 3.40. The number of nitrogen functional groups attached to an aromatic ring is 1. The zero-order chi connectivity index (χ0) is 22.3. The molecule has 0 unspecified atom stereocenters. The molecule has 0 amide bonds. The van der Waals surface area contributed by atoms with Crippen LogP contribution in [0.2, 0.25) is 0 Å². The minimum absolute atomic E-state index is 0.00968. The summed E-state index contributed by atoms with van der Waals surface area (Å²) in [5.74, 6) is -0.142. The smallest absolute Gasteiger partial charge is 0.296 e. The molecule has 155 valence electrons. The van der Waals surface area contributed by atoms with Crippen molar-refractivity contribution in [3.63, 3.8) is 0 Å². The minimum Gasteiger partial charge on any atom is -0.431 e. The number of nitrogens with two attached hydrogens (primary N) is 1. The van der Waals surface area contributed by atoms with Gasteiger partial charge in [0, 0.05) is 23.1 Å². The lowest BCUT2D eigenvalue weighted by molar-refractivity contribution is 0.0980. The molecule has 1 radical (unpaired) electrons. The molecule has 1 aliphatic rings. The second-order valence-corrected chi connectivity index (χ2v) is 8.16. The van der Waals surface area contributed by atoms with Gasteiger partial charge in [0.2, 0.25) is 0 Å². The summed E-state index contributed by atoms with van der Waals surface area (Å²) >= 11 is 0. The van der Waals surface area contributed by atoms with E-state index in [2.05, 4.69) is 20.2 Å². The van der Waals surface area contributed by atoms with Gasteiger partial charge in [-0.15, -0.1) is 0 Å². The number of benzene rings is 2. The van der Waals surface area contributed by atoms with E-state index in [1.807, 2.05) is 0 Å². The van der Waals surface area contributed by atoms with Crippen LogP contribution < -0.4 is 11.0 Å². The molecule has 1 aromatic heterocycles. The summed E-state index contributed by atoms with van der Waals surface area (Å²) in [5.41, 5.74) is 5.39. The van der Waals surface area contributed by atoms with Gasteiger partial charge in [-0.25, -0.2) is 15.0 Å². The third kappa shape index (κ3) is 3.66. The molecular weight excluding hydrogens is 421 g/mol. The van der Waals surface area contributed by atoms with Crippen LogP contribution in [0.25, 0.3) is 0 Å². The van der Waals surface area contributed by atoms with Crippen molar-refractivity contribution >= 4 is 40.5 Å². The van der Waals surface area contributed by atoms with Gasteiger partial charge < -0.3 is 11.0 Å². The first-order valence-electron chi connectivity index (χ1n) is 9.03. The van der Waals surface area contributed by atoms with Crippen LogP contribution in [-0.2, 0) is 16.4 Å². The molecule has 0 saturated heterocycles. The van der Waals surface area contributed by atoms with Crippen molar-refractivity contribution in [2.24, 2.45) is 0 Å². The first-order valence-corrected chi connectivity index (χ1v) is 10.5. The molecule has 4 N–H and O–H groups in total. The molecule has 4 rings (SSSR count). The van der Waals surface area contributed by atoms with Crippen LogP contribution in [0, 0.1) is 6.92 Å². The molecule has 1 heterocycles. The molecule has 0 spiro atoms. The highest BCUT2D eigenvalue weighted by molar-refractivity contribution is 7.86. The van der Waals surface area contributed by atoms with Gasteiger partial charge in [0.25, 0.3) is 17.5 Å². The first-order chi connectivity index (χ1) is 14.7. The Bertz CT molecular complexity index is 1360. The van der Waals surface area contributed by atoms with Gasteiger partial charge in [-0.1, -0.05) is 24.3 Å². The van der Waals surface area contributed by atoms with Crippen LogP contribution in [0.5, 0.6) is 0 Å². The number of nitrogens with one attached hydrogen (secondary N) is 1. The molecule has 0 saturated carbocycles. The molecule has 31 heavy (non-hydrogen) atoms. The number of aromatic nitrogens is 3. The van der Waals surface area contributed by atoms with Crippen molar-refractivity contribution in [3.05, 3.63) is 70.6 Å². The first kappa shape index (κ1) is 20.6. The lowest BCUT2D eigenvalue weighted by Crippen LogP contribution is -2.26. The monoisotopic (exact) mass is 436 g/mol. The average molecular weight is 436 g/mol. The quantitative estimate of drug-likeness (QED) is 0.234. The zero-order valence-corrected chi connectivity index (χ0v) is 17.0. The van der Waals surface area contributed by atoms with E-state index in [-0.39, 0.29) is 34.3 Å². The molecule has 0 bridgehead atoms. The van der Waals surface area contributed by atoms with E-state index < -0.39 is 32.3 Å². The molecule has 1 aliphatic carbocycles. The fourth-order valence-corrected chi connectivity index (χ4v) is 4.04. The molecular formula is C19H15BN5O5S.